The molecule has 2 N–H and O–H groups in total. The van der Waals surface area contributed by atoms with Crippen molar-refractivity contribution in [1.29, 1.82) is 0 Å². The van der Waals surface area contributed by atoms with Crippen molar-refractivity contribution in [2.75, 3.05) is 6.61 Å². The van der Waals surface area contributed by atoms with Crippen molar-refractivity contribution in [2.45, 2.75) is 58.2 Å². The number of hydrogen-bond donors (Lipinski definition) is 2. The first kappa shape index (κ1) is 14.4. The minimum atomic E-state index is -0.802. The summed E-state index contributed by atoms with van der Waals surface area (Å²) in [6.07, 6.45) is 2.55. The highest BCUT2D eigenvalue weighted by Gasteiger charge is 2.13. The maximum atomic E-state index is 11.2. The van der Waals surface area contributed by atoms with Crippen LogP contribution in [0.2, 0.25) is 0 Å². The number of hydrogen-bond acceptors (Lipinski definition) is 4. The standard InChI is InChI=1S/C11H22O4/c1-3-4-5-6-11(14)15-9(2)7-10(13)8-12/h9-10,12-13H,3-8H2,1-2H3. The maximum Gasteiger partial charge on any atom is 0.306 e. The molecule has 0 fully saturated rings. The summed E-state index contributed by atoms with van der Waals surface area (Å²) in [4.78, 5) is 11.2. The van der Waals surface area contributed by atoms with Crippen LogP contribution in [-0.4, -0.2) is 35.0 Å². The van der Waals surface area contributed by atoms with Gasteiger partial charge in [0.2, 0.25) is 0 Å². The Labute approximate surface area is 91.3 Å². The highest BCUT2D eigenvalue weighted by atomic mass is 16.5. The predicted octanol–water partition coefficient (Wildman–Crippen LogP) is 1.24. The van der Waals surface area contributed by atoms with Crippen LogP contribution in [-0.2, 0) is 9.53 Å². The fourth-order valence-corrected chi connectivity index (χ4v) is 1.31. The number of carbonyl (C=O) groups excluding carboxylic acids is 1. The number of aliphatic hydroxyl groups is 2. The van der Waals surface area contributed by atoms with E-state index in [-0.39, 0.29) is 25.1 Å². The van der Waals surface area contributed by atoms with E-state index in [4.69, 9.17) is 14.9 Å². The SMILES string of the molecule is CCCCCC(=O)OC(C)CC(O)CO. The van der Waals surface area contributed by atoms with Crippen LogP contribution in [0.4, 0.5) is 0 Å². The summed E-state index contributed by atoms with van der Waals surface area (Å²) in [5.74, 6) is -0.221. The molecule has 90 valence electrons. The van der Waals surface area contributed by atoms with E-state index < -0.39 is 6.10 Å². The number of carbonyl (C=O) groups is 1. The van der Waals surface area contributed by atoms with Crippen LogP contribution in [0.25, 0.3) is 0 Å². The van der Waals surface area contributed by atoms with Crippen molar-refractivity contribution >= 4 is 5.97 Å². The normalized spacial score (nSPS) is 14.7. The maximum absolute atomic E-state index is 11.2. The van der Waals surface area contributed by atoms with Gasteiger partial charge in [-0.2, -0.15) is 0 Å². The Bertz CT molecular complexity index is 170. The zero-order valence-corrected chi connectivity index (χ0v) is 9.61. The summed E-state index contributed by atoms with van der Waals surface area (Å²) >= 11 is 0. The molecular formula is C11H22O4. The van der Waals surface area contributed by atoms with Crippen LogP contribution in [0.3, 0.4) is 0 Å². The van der Waals surface area contributed by atoms with Crippen LogP contribution in [0.5, 0.6) is 0 Å². The van der Waals surface area contributed by atoms with Crippen molar-refractivity contribution in [3.8, 4) is 0 Å². The van der Waals surface area contributed by atoms with Crippen molar-refractivity contribution in [3.05, 3.63) is 0 Å². The van der Waals surface area contributed by atoms with Gasteiger partial charge < -0.3 is 14.9 Å². The van der Waals surface area contributed by atoms with Gasteiger partial charge >= 0.3 is 5.97 Å². The summed E-state index contributed by atoms with van der Waals surface area (Å²) in [6.45, 7) is 3.50. The molecule has 0 radical (unpaired) electrons. The van der Waals surface area contributed by atoms with E-state index in [0.29, 0.717) is 6.42 Å². The van der Waals surface area contributed by atoms with Crippen molar-refractivity contribution < 1.29 is 19.7 Å². The lowest BCUT2D eigenvalue weighted by Gasteiger charge is -2.15. The molecule has 0 aliphatic heterocycles. The smallest absolute Gasteiger partial charge is 0.306 e. The Morgan fingerprint density at radius 3 is 2.60 bits per heavy atom. The molecule has 0 spiro atoms. The molecule has 0 heterocycles. The number of ether oxygens (including phenoxy) is 1. The molecule has 0 amide bonds. The van der Waals surface area contributed by atoms with E-state index in [1.54, 1.807) is 6.92 Å². The van der Waals surface area contributed by atoms with E-state index in [2.05, 4.69) is 6.92 Å². The average molecular weight is 218 g/mol. The van der Waals surface area contributed by atoms with E-state index in [1.165, 1.54) is 0 Å². The topological polar surface area (TPSA) is 66.8 Å². The summed E-state index contributed by atoms with van der Waals surface area (Å²) < 4.78 is 5.06. The van der Waals surface area contributed by atoms with Crippen molar-refractivity contribution in [3.63, 3.8) is 0 Å². The van der Waals surface area contributed by atoms with Gasteiger partial charge in [-0.25, -0.2) is 0 Å². The lowest BCUT2D eigenvalue weighted by atomic mass is 10.2. The van der Waals surface area contributed by atoms with Crippen molar-refractivity contribution in [1.82, 2.24) is 0 Å². The number of esters is 1. The molecule has 4 heteroatoms. The summed E-state index contributed by atoms with van der Waals surface area (Å²) in [7, 11) is 0. The largest absolute Gasteiger partial charge is 0.463 e. The quantitative estimate of drug-likeness (QED) is 0.475. The summed E-state index contributed by atoms with van der Waals surface area (Å²) in [6, 6.07) is 0. The third kappa shape index (κ3) is 8.39. The van der Waals surface area contributed by atoms with Gasteiger partial charge in [-0.05, 0) is 13.3 Å². The minimum absolute atomic E-state index is 0.221. The number of unbranched alkanes of at least 4 members (excludes halogenated alkanes) is 2. The Balaban J connectivity index is 3.57. The monoisotopic (exact) mass is 218 g/mol. The minimum Gasteiger partial charge on any atom is -0.463 e. The second kappa shape index (κ2) is 8.68. The van der Waals surface area contributed by atoms with Gasteiger partial charge in [0.1, 0.15) is 6.10 Å². The molecule has 0 aromatic rings. The van der Waals surface area contributed by atoms with Gasteiger partial charge in [0.25, 0.3) is 0 Å². The van der Waals surface area contributed by atoms with Gasteiger partial charge in [-0.15, -0.1) is 0 Å². The number of aliphatic hydroxyl groups excluding tert-OH is 2. The van der Waals surface area contributed by atoms with Crippen LogP contribution in [0.15, 0.2) is 0 Å². The van der Waals surface area contributed by atoms with E-state index in [0.717, 1.165) is 19.3 Å². The lowest BCUT2D eigenvalue weighted by Crippen LogP contribution is -2.23. The second-order valence-electron chi connectivity index (χ2n) is 3.83. The van der Waals surface area contributed by atoms with Gasteiger partial charge in [0, 0.05) is 12.8 Å². The van der Waals surface area contributed by atoms with Crippen LogP contribution in [0, 0.1) is 0 Å². The van der Waals surface area contributed by atoms with E-state index >= 15 is 0 Å². The molecule has 0 saturated heterocycles. The molecule has 2 atom stereocenters. The molecule has 0 aromatic carbocycles. The van der Waals surface area contributed by atoms with Gasteiger partial charge in [0.05, 0.1) is 12.7 Å². The van der Waals surface area contributed by atoms with Crippen LogP contribution in [0.1, 0.15) is 46.0 Å². The average Bonchev–Trinajstić information content (AvgIpc) is 2.17. The zero-order valence-electron chi connectivity index (χ0n) is 9.61. The first-order chi connectivity index (χ1) is 7.10. The molecule has 0 aromatic heterocycles. The Morgan fingerprint density at radius 1 is 1.40 bits per heavy atom. The van der Waals surface area contributed by atoms with E-state index in [9.17, 15) is 4.79 Å². The fraction of sp³-hybridized carbons (Fsp3) is 0.909. The third-order valence-electron chi connectivity index (χ3n) is 2.13. The molecule has 0 aliphatic rings. The first-order valence-corrected chi connectivity index (χ1v) is 5.58. The third-order valence-corrected chi connectivity index (χ3v) is 2.13. The highest BCUT2D eigenvalue weighted by Crippen LogP contribution is 2.06. The highest BCUT2D eigenvalue weighted by molar-refractivity contribution is 5.69. The van der Waals surface area contributed by atoms with Crippen LogP contribution >= 0.6 is 0 Å². The summed E-state index contributed by atoms with van der Waals surface area (Å²) in [5.41, 5.74) is 0. The lowest BCUT2D eigenvalue weighted by molar-refractivity contribution is -0.149. The van der Waals surface area contributed by atoms with Gasteiger partial charge in [-0.1, -0.05) is 19.8 Å². The molecule has 0 aliphatic carbocycles. The Hall–Kier alpha value is -0.610. The molecule has 2 unspecified atom stereocenters. The Kier molecular flexibility index (Phi) is 8.33. The van der Waals surface area contributed by atoms with E-state index in [1.807, 2.05) is 0 Å². The molecule has 15 heavy (non-hydrogen) atoms. The molecule has 0 bridgehead atoms. The fourth-order valence-electron chi connectivity index (χ4n) is 1.31. The first-order valence-electron chi connectivity index (χ1n) is 5.58. The predicted molar refractivity (Wildman–Crippen MR) is 57.4 cm³/mol. The molecule has 0 saturated carbocycles. The molecule has 4 nitrogen and oxygen atoms in total. The second-order valence-corrected chi connectivity index (χ2v) is 3.83. The number of rotatable bonds is 8. The van der Waals surface area contributed by atoms with Crippen molar-refractivity contribution in [2.24, 2.45) is 0 Å². The molecule has 0 rings (SSSR count). The summed E-state index contributed by atoms with van der Waals surface area (Å²) in [5, 5.41) is 17.7. The van der Waals surface area contributed by atoms with Gasteiger partial charge in [-0.3, -0.25) is 4.79 Å². The molecular weight excluding hydrogens is 196 g/mol. The zero-order chi connectivity index (χ0) is 11.7. The Morgan fingerprint density at radius 2 is 2.07 bits per heavy atom. The van der Waals surface area contributed by atoms with Gasteiger partial charge in [0.15, 0.2) is 0 Å². The van der Waals surface area contributed by atoms with Crippen LogP contribution < -0.4 is 0 Å².